The molecule has 0 amide bonds. The maximum absolute atomic E-state index is 14.6. The lowest BCUT2D eigenvalue weighted by atomic mass is 10.1. The van der Waals surface area contributed by atoms with Crippen molar-refractivity contribution in [1.29, 1.82) is 0 Å². The SMILES string of the molecule is NC[C@@H]1CN(c2nc3c(cc2F)c(=O)c(C(=O)O)cn3C2CC2)C[C@@H]1F. The maximum atomic E-state index is 14.6. The van der Waals surface area contributed by atoms with E-state index in [-0.39, 0.29) is 42.5 Å². The molecule has 1 aliphatic carbocycles. The van der Waals surface area contributed by atoms with Gasteiger partial charge in [-0.3, -0.25) is 4.79 Å². The van der Waals surface area contributed by atoms with Gasteiger partial charge in [0.15, 0.2) is 11.6 Å². The number of fused-ring (bicyclic) bond motifs is 1. The van der Waals surface area contributed by atoms with Crippen LogP contribution in [0.15, 0.2) is 17.1 Å². The second-order valence-electron chi connectivity index (χ2n) is 6.90. The zero-order valence-corrected chi connectivity index (χ0v) is 13.9. The van der Waals surface area contributed by atoms with E-state index in [0.29, 0.717) is 0 Å². The van der Waals surface area contributed by atoms with Crippen LogP contribution in [0, 0.1) is 11.7 Å². The van der Waals surface area contributed by atoms with Crippen LogP contribution in [-0.4, -0.2) is 46.4 Å². The van der Waals surface area contributed by atoms with Crippen molar-refractivity contribution in [3.63, 3.8) is 0 Å². The van der Waals surface area contributed by atoms with Gasteiger partial charge in [0.1, 0.15) is 17.4 Å². The van der Waals surface area contributed by atoms with Crippen LogP contribution in [0.5, 0.6) is 0 Å². The first-order valence-corrected chi connectivity index (χ1v) is 8.48. The Labute approximate surface area is 147 Å². The first kappa shape index (κ1) is 16.9. The van der Waals surface area contributed by atoms with Gasteiger partial charge in [-0.1, -0.05) is 0 Å². The Morgan fingerprint density at radius 3 is 2.69 bits per heavy atom. The summed E-state index contributed by atoms with van der Waals surface area (Å²) in [6.45, 7) is 0.383. The van der Waals surface area contributed by atoms with Crippen molar-refractivity contribution >= 4 is 22.8 Å². The molecule has 3 N–H and O–H groups in total. The molecule has 9 heteroatoms. The van der Waals surface area contributed by atoms with Gasteiger partial charge in [-0.15, -0.1) is 0 Å². The van der Waals surface area contributed by atoms with Crippen molar-refractivity contribution in [3.05, 3.63) is 33.9 Å². The van der Waals surface area contributed by atoms with Gasteiger partial charge in [-0.2, -0.15) is 0 Å². The van der Waals surface area contributed by atoms with E-state index in [0.717, 1.165) is 18.9 Å². The molecule has 2 aromatic rings. The van der Waals surface area contributed by atoms with Crippen LogP contribution in [0.2, 0.25) is 0 Å². The number of carboxylic acids is 1. The average Bonchev–Trinajstić information content (AvgIpc) is 3.37. The molecule has 3 heterocycles. The molecular weight excluding hydrogens is 346 g/mol. The van der Waals surface area contributed by atoms with Crippen molar-refractivity contribution in [2.24, 2.45) is 11.7 Å². The third kappa shape index (κ3) is 2.63. The number of nitrogens with zero attached hydrogens (tertiary/aromatic N) is 3. The Morgan fingerprint density at radius 1 is 1.38 bits per heavy atom. The number of alkyl halides is 1. The molecule has 1 aliphatic heterocycles. The van der Waals surface area contributed by atoms with Crippen LogP contribution >= 0.6 is 0 Å². The summed E-state index contributed by atoms with van der Waals surface area (Å²) in [5.74, 6) is -2.56. The molecule has 138 valence electrons. The summed E-state index contributed by atoms with van der Waals surface area (Å²) in [5, 5.41) is 9.17. The highest BCUT2D eigenvalue weighted by Gasteiger charge is 2.35. The summed E-state index contributed by atoms with van der Waals surface area (Å²) in [6, 6.07) is 1.04. The number of nitrogens with two attached hydrogens (primary N) is 1. The molecule has 2 aromatic heterocycles. The van der Waals surface area contributed by atoms with Crippen molar-refractivity contribution in [2.45, 2.75) is 25.1 Å². The smallest absolute Gasteiger partial charge is 0.341 e. The highest BCUT2D eigenvalue weighted by Crippen LogP contribution is 2.37. The van der Waals surface area contributed by atoms with Gasteiger partial charge in [0, 0.05) is 24.7 Å². The van der Waals surface area contributed by atoms with Gasteiger partial charge in [0.25, 0.3) is 0 Å². The van der Waals surface area contributed by atoms with Gasteiger partial charge in [0.2, 0.25) is 5.43 Å². The molecule has 0 unspecified atom stereocenters. The summed E-state index contributed by atoms with van der Waals surface area (Å²) in [7, 11) is 0. The predicted octanol–water partition coefficient (Wildman–Crippen LogP) is 1.30. The largest absolute Gasteiger partial charge is 0.477 e. The number of rotatable bonds is 4. The minimum Gasteiger partial charge on any atom is -0.477 e. The van der Waals surface area contributed by atoms with E-state index in [2.05, 4.69) is 4.98 Å². The third-order valence-electron chi connectivity index (χ3n) is 5.07. The minimum atomic E-state index is -1.36. The number of halogens is 2. The van der Waals surface area contributed by atoms with Crippen LogP contribution in [0.3, 0.4) is 0 Å². The van der Waals surface area contributed by atoms with Gasteiger partial charge in [-0.05, 0) is 25.5 Å². The summed E-state index contributed by atoms with van der Waals surface area (Å²) >= 11 is 0. The number of hydrogen-bond donors (Lipinski definition) is 2. The molecular formula is C17H18F2N4O3. The molecule has 1 saturated heterocycles. The number of carbonyl (C=O) groups is 1. The van der Waals surface area contributed by atoms with Crippen LogP contribution < -0.4 is 16.1 Å². The predicted molar refractivity (Wildman–Crippen MR) is 90.8 cm³/mol. The molecule has 2 atom stereocenters. The van der Waals surface area contributed by atoms with Gasteiger partial charge in [-0.25, -0.2) is 18.6 Å². The Bertz CT molecular complexity index is 957. The summed E-state index contributed by atoms with van der Waals surface area (Å²) in [4.78, 5) is 29.5. The fourth-order valence-electron chi connectivity index (χ4n) is 3.47. The molecule has 1 saturated carbocycles. The summed E-state index contributed by atoms with van der Waals surface area (Å²) < 4.78 is 30.3. The fourth-order valence-corrected chi connectivity index (χ4v) is 3.47. The minimum absolute atomic E-state index is 0.0157. The zero-order valence-electron chi connectivity index (χ0n) is 13.9. The third-order valence-corrected chi connectivity index (χ3v) is 5.07. The van der Waals surface area contributed by atoms with Crippen molar-refractivity contribution < 1.29 is 18.7 Å². The highest BCUT2D eigenvalue weighted by atomic mass is 19.1. The maximum Gasteiger partial charge on any atom is 0.341 e. The lowest BCUT2D eigenvalue weighted by Crippen LogP contribution is -2.26. The van der Waals surface area contributed by atoms with Crippen LogP contribution in [-0.2, 0) is 0 Å². The lowest BCUT2D eigenvalue weighted by Gasteiger charge is -2.19. The molecule has 0 spiro atoms. The van der Waals surface area contributed by atoms with E-state index >= 15 is 0 Å². The standard InChI is InChI=1S/C17H18F2N4O3/c18-12-3-10-14(24)11(17(25)26)6-23(9-1-2-9)15(10)21-16(12)22-5-8(4-20)13(19)7-22/h3,6,8-9,13H,1-2,4-5,7,20H2,(H,25,26)/t8-,13+/m1/s1. The van der Waals surface area contributed by atoms with E-state index in [9.17, 15) is 23.5 Å². The zero-order chi connectivity index (χ0) is 18.6. The van der Waals surface area contributed by atoms with Crippen molar-refractivity contribution in [3.8, 4) is 0 Å². The molecule has 26 heavy (non-hydrogen) atoms. The van der Waals surface area contributed by atoms with E-state index in [1.54, 1.807) is 4.57 Å². The Hall–Kier alpha value is -2.55. The average molecular weight is 364 g/mol. The number of aromatic carboxylic acids is 1. The van der Waals surface area contributed by atoms with E-state index in [4.69, 9.17) is 5.73 Å². The van der Waals surface area contributed by atoms with E-state index in [1.165, 1.54) is 11.1 Å². The van der Waals surface area contributed by atoms with Crippen LogP contribution in [0.4, 0.5) is 14.6 Å². The lowest BCUT2D eigenvalue weighted by molar-refractivity contribution is 0.0695. The normalized spacial score (nSPS) is 23.0. The number of aromatic nitrogens is 2. The van der Waals surface area contributed by atoms with Gasteiger partial charge in [0.05, 0.1) is 11.9 Å². The molecule has 2 fully saturated rings. The van der Waals surface area contributed by atoms with Crippen molar-refractivity contribution in [1.82, 2.24) is 9.55 Å². The second-order valence-corrected chi connectivity index (χ2v) is 6.90. The van der Waals surface area contributed by atoms with Crippen LogP contribution in [0.1, 0.15) is 29.2 Å². The quantitative estimate of drug-likeness (QED) is 0.848. The van der Waals surface area contributed by atoms with Crippen LogP contribution in [0.25, 0.3) is 11.0 Å². The van der Waals surface area contributed by atoms with Crippen molar-refractivity contribution in [2.75, 3.05) is 24.5 Å². The highest BCUT2D eigenvalue weighted by molar-refractivity contribution is 5.92. The monoisotopic (exact) mass is 364 g/mol. The molecule has 7 nitrogen and oxygen atoms in total. The Morgan fingerprint density at radius 2 is 2.12 bits per heavy atom. The Kier molecular flexibility index (Phi) is 3.91. The first-order chi connectivity index (χ1) is 12.4. The van der Waals surface area contributed by atoms with E-state index in [1.807, 2.05) is 0 Å². The number of pyridine rings is 2. The topological polar surface area (TPSA) is 101 Å². The summed E-state index contributed by atoms with van der Waals surface area (Å²) in [5.41, 5.74) is 4.59. The number of hydrogen-bond acceptors (Lipinski definition) is 5. The molecule has 0 radical (unpaired) electrons. The van der Waals surface area contributed by atoms with Gasteiger partial charge < -0.3 is 20.3 Å². The fraction of sp³-hybridized carbons (Fsp3) is 0.471. The second kappa shape index (κ2) is 6.01. The number of carboxylic acid groups (broad SMARTS) is 1. The Balaban J connectivity index is 1.89. The number of anilines is 1. The first-order valence-electron chi connectivity index (χ1n) is 8.48. The molecule has 2 aliphatic rings. The molecule has 0 aromatic carbocycles. The molecule has 0 bridgehead atoms. The van der Waals surface area contributed by atoms with Gasteiger partial charge >= 0.3 is 5.97 Å². The van der Waals surface area contributed by atoms with E-state index < -0.39 is 34.9 Å². The molecule has 4 rings (SSSR count). The summed E-state index contributed by atoms with van der Waals surface area (Å²) in [6.07, 6.45) is 1.76.